The first kappa shape index (κ1) is 17.8. The molecular formula is C18H11BrCl2N2O2. The minimum Gasteiger partial charge on any atom is -0.439 e. The van der Waals surface area contributed by atoms with Gasteiger partial charge in [-0.2, -0.15) is 5.26 Å². The van der Waals surface area contributed by atoms with Crippen LogP contribution < -0.4 is 10.5 Å². The molecule has 4 nitrogen and oxygen atoms in total. The van der Waals surface area contributed by atoms with Crippen molar-refractivity contribution in [3.63, 3.8) is 0 Å². The Morgan fingerprint density at radius 2 is 1.96 bits per heavy atom. The second-order valence-electron chi connectivity index (χ2n) is 5.48. The summed E-state index contributed by atoms with van der Waals surface area (Å²) in [6.07, 6.45) is 0.0538. The van der Waals surface area contributed by atoms with E-state index >= 15 is 0 Å². The highest BCUT2D eigenvalue weighted by Gasteiger charge is 2.32. The fourth-order valence-corrected chi connectivity index (χ4v) is 3.54. The van der Waals surface area contributed by atoms with Crippen molar-refractivity contribution in [2.24, 2.45) is 5.73 Å². The normalized spacial score (nSPS) is 16.0. The Morgan fingerprint density at radius 1 is 1.28 bits per heavy atom. The summed E-state index contributed by atoms with van der Waals surface area (Å²) in [6.45, 7) is 0. The molecule has 3 rings (SSSR count). The van der Waals surface area contributed by atoms with Gasteiger partial charge in [0.05, 0.1) is 10.6 Å². The number of fused-ring (bicyclic) bond motifs is 1. The first-order valence-corrected chi connectivity index (χ1v) is 8.81. The maximum absolute atomic E-state index is 12.7. The topological polar surface area (TPSA) is 76.1 Å². The zero-order valence-electron chi connectivity index (χ0n) is 12.7. The smallest absolute Gasteiger partial charge is 0.205 e. The van der Waals surface area contributed by atoms with Crippen LogP contribution in [0.2, 0.25) is 10.0 Å². The van der Waals surface area contributed by atoms with Gasteiger partial charge in [0.15, 0.2) is 11.5 Å². The Balaban J connectivity index is 2.03. The Kier molecular flexibility index (Phi) is 5.05. The molecule has 0 saturated heterocycles. The third kappa shape index (κ3) is 3.52. The Bertz CT molecular complexity index is 933. The van der Waals surface area contributed by atoms with Gasteiger partial charge in [-0.3, -0.25) is 4.79 Å². The van der Waals surface area contributed by atoms with Crippen molar-refractivity contribution >= 4 is 44.9 Å². The number of hydrogen-bond acceptors (Lipinski definition) is 4. The summed E-state index contributed by atoms with van der Waals surface area (Å²) in [6, 6.07) is 12.2. The van der Waals surface area contributed by atoms with Crippen LogP contribution in [0.15, 0.2) is 52.3 Å². The van der Waals surface area contributed by atoms with Gasteiger partial charge in [0.25, 0.3) is 0 Å². The molecule has 0 radical (unpaired) electrons. The molecule has 0 saturated carbocycles. The largest absolute Gasteiger partial charge is 0.439 e. The molecule has 2 aromatic rings. The number of allylic oxidation sites excluding steroid dienone is 1. The number of nitriles is 1. The standard InChI is InChI=1S/C18H11BrCl2N2O2/c19-10-3-1-9(2-4-10)16(24)7-12-13-5-11(20)6-15(21)17(13)25-18(23)14(12)8-22/h1-6,12H,7,23H2. The number of ether oxygens (including phenoxy) is 1. The summed E-state index contributed by atoms with van der Waals surface area (Å²) in [5.41, 5.74) is 7.17. The molecule has 2 N–H and O–H groups in total. The number of Topliss-reactive ketones (excluding diaryl/α,β-unsaturated/α-hetero) is 1. The fourth-order valence-electron chi connectivity index (χ4n) is 2.72. The summed E-state index contributed by atoms with van der Waals surface area (Å²) >= 11 is 15.6. The highest BCUT2D eigenvalue weighted by molar-refractivity contribution is 9.10. The van der Waals surface area contributed by atoms with Gasteiger partial charge < -0.3 is 10.5 Å². The molecule has 0 aliphatic carbocycles. The number of carbonyl (C=O) groups excluding carboxylic acids is 1. The third-order valence-corrected chi connectivity index (χ3v) is 4.94. The van der Waals surface area contributed by atoms with E-state index in [4.69, 9.17) is 33.7 Å². The average molecular weight is 438 g/mol. The van der Waals surface area contributed by atoms with E-state index in [-0.39, 0.29) is 28.7 Å². The molecule has 0 fully saturated rings. The summed E-state index contributed by atoms with van der Waals surface area (Å²) in [4.78, 5) is 12.7. The van der Waals surface area contributed by atoms with Crippen molar-refractivity contribution in [1.82, 2.24) is 0 Å². The van der Waals surface area contributed by atoms with E-state index in [2.05, 4.69) is 15.9 Å². The maximum Gasteiger partial charge on any atom is 0.205 e. The van der Waals surface area contributed by atoms with E-state index in [1.165, 1.54) is 6.07 Å². The summed E-state index contributed by atoms with van der Waals surface area (Å²) < 4.78 is 6.36. The van der Waals surface area contributed by atoms with Gasteiger partial charge in [-0.25, -0.2) is 0 Å². The lowest BCUT2D eigenvalue weighted by molar-refractivity contribution is 0.0976. The van der Waals surface area contributed by atoms with Crippen molar-refractivity contribution in [3.05, 3.63) is 73.5 Å². The Labute approximate surface area is 162 Å². The zero-order valence-corrected chi connectivity index (χ0v) is 15.8. The summed E-state index contributed by atoms with van der Waals surface area (Å²) in [7, 11) is 0. The molecule has 1 aliphatic heterocycles. The van der Waals surface area contributed by atoms with Crippen LogP contribution in [0.4, 0.5) is 0 Å². The van der Waals surface area contributed by atoms with Crippen LogP contribution in [0.1, 0.15) is 28.3 Å². The zero-order chi connectivity index (χ0) is 18.1. The van der Waals surface area contributed by atoms with E-state index in [9.17, 15) is 10.1 Å². The molecule has 25 heavy (non-hydrogen) atoms. The molecule has 126 valence electrons. The van der Waals surface area contributed by atoms with Crippen molar-refractivity contribution < 1.29 is 9.53 Å². The predicted octanol–water partition coefficient (Wildman–Crippen LogP) is 5.20. The number of ketones is 1. The Hall–Kier alpha value is -2.00. The summed E-state index contributed by atoms with van der Waals surface area (Å²) in [5.74, 6) is -0.410. The molecule has 0 spiro atoms. The van der Waals surface area contributed by atoms with Crippen LogP contribution in [-0.4, -0.2) is 5.78 Å². The number of carbonyl (C=O) groups is 1. The Morgan fingerprint density at radius 3 is 2.60 bits per heavy atom. The lowest BCUT2D eigenvalue weighted by Gasteiger charge is -2.26. The SMILES string of the molecule is N#CC1=C(N)Oc2c(Cl)cc(Cl)cc2C1CC(=O)c1ccc(Br)cc1. The molecular weight excluding hydrogens is 427 g/mol. The van der Waals surface area contributed by atoms with Gasteiger partial charge in [0.1, 0.15) is 6.07 Å². The van der Waals surface area contributed by atoms with Gasteiger partial charge >= 0.3 is 0 Å². The minimum absolute atomic E-state index is 0.0483. The molecule has 0 aromatic heterocycles. The van der Waals surface area contributed by atoms with Gasteiger partial charge in [0.2, 0.25) is 5.88 Å². The molecule has 1 heterocycles. The van der Waals surface area contributed by atoms with Crippen LogP contribution in [0, 0.1) is 11.3 Å². The third-order valence-electron chi connectivity index (χ3n) is 3.91. The quantitative estimate of drug-likeness (QED) is 0.669. The van der Waals surface area contributed by atoms with E-state index in [1.54, 1.807) is 30.3 Å². The van der Waals surface area contributed by atoms with Gasteiger partial charge in [-0.05, 0) is 24.3 Å². The maximum atomic E-state index is 12.7. The number of hydrogen-bond donors (Lipinski definition) is 1. The van der Waals surface area contributed by atoms with Crippen molar-refractivity contribution in [1.29, 1.82) is 5.26 Å². The molecule has 7 heteroatoms. The molecule has 1 aliphatic rings. The summed E-state index contributed by atoms with van der Waals surface area (Å²) in [5, 5.41) is 10.1. The van der Waals surface area contributed by atoms with Gasteiger partial charge in [-0.15, -0.1) is 0 Å². The highest BCUT2D eigenvalue weighted by Crippen LogP contribution is 2.45. The number of halogens is 3. The van der Waals surface area contributed by atoms with Crippen LogP contribution >= 0.6 is 39.1 Å². The molecule has 1 atom stereocenters. The first-order chi connectivity index (χ1) is 11.9. The number of nitrogens with zero attached hydrogens (tertiary/aromatic N) is 1. The lowest BCUT2D eigenvalue weighted by Crippen LogP contribution is -2.22. The molecule has 1 unspecified atom stereocenters. The van der Waals surface area contributed by atoms with Crippen LogP contribution in [0.3, 0.4) is 0 Å². The van der Waals surface area contributed by atoms with Gasteiger partial charge in [-0.1, -0.05) is 51.3 Å². The van der Waals surface area contributed by atoms with E-state index in [1.807, 2.05) is 6.07 Å². The van der Waals surface area contributed by atoms with Crippen LogP contribution in [0.5, 0.6) is 5.75 Å². The van der Waals surface area contributed by atoms with Gasteiger partial charge in [0, 0.05) is 33.0 Å². The molecule has 0 bridgehead atoms. The van der Waals surface area contributed by atoms with Crippen LogP contribution in [0.25, 0.3) is 0 Å². The first-order valence-electron chi connectivity index (χ1n) is 7.26. The molecule has 0 amide bonds. The number of benzene rings is 2. The number of nitrogens with two attached hydrogens (primary N) is 1. The highest BCUT2D eigenvalue weighted by atomic mass is 79.9. The minimum atomic E-state index is -0.568. The van der Waals surface area contributed by atoms with E-state index in [0.717, 1.165) is 4.47 Å². The van der Waals surface area contributed by atoms with Crippen molar-refractivity contribution in [2.45, 2.75) is 12.3 Å². The second kappa shape index (κ2) is 7.09. The lowest BCUT2D eigenvalue weighted by atomic mass is 9.84. The van der Waals surface area contributed by atoms with Crippen molar-refractivity contribution in [2.75, 3.05) is 0 Å². The number of rotatable bonds is 3. The average Bonchev–Trinajstić information content (AvgIpc) is 2.56. The fraction of sp³-hybridized carbons (Fsp3) is 0.111. The molecule has 2 aromatic carbocycles. The van der Waals surface area contributed by atoms with Crippen LogP contribution in [-0.2, 0) is 0 Å². The predicted molar refractivity (Wildman–Crippen MR) is 99.7 cm³/mol. The van der Waals surface area contributed by atoms with Crippen molar-refractivity contribution in [3.8, 4) is 11.8 Å². The van der Waals surface area contributed by atoms with E-state index in [0.29, 0.717) is 21.9 Å². The monoisotopic (exact) mass is 436 g/mol. The second-order valence-corrected chi connectivity index (χ2v) is 7.24. The van der Waals surface area contributed by atoms with E-state index < -0.39 is 5.92 Å².